The number of aliphatic hydroxyl groups is 1. The number of rotatable bonds is 3. The Morgan fingerprint density at radius 3 is 2.80 bits per heavy atom. The van der Waals surface area contributed by atoms with Crippen LogP contribution in [0.1, 0.15) is 11.1 Å². The number of non-ortho nitro benzene ring substituents is 1. The van der Waals surface area contributed by atoms with Gasteiger partial charge in [0, 0.05) is 23.4 Å². The van der Waals surface area contributed by atoms with Crippen LogP contribution in [0.4, 0.5) is 11.4 Å². The van der Waals surface area contributed by atoms with Gasteiger partial charge in [0.2, 0.25) is 0 Å². The Balaban J connectivity index is 3.24. The number of benzene rings is 1. The fourth-order valence-electron chi connectivity index (χ4n) is 1.23. The predicted molar refractivity (Wildman–Crippen MR) is 58.4 cm³/mol. The van der Waals surface area contributed by atoms with Gasteiger partial charge in [-0.3, -0.25) is 10.1 Å². The quantitative estimate of drug-likeness (QED) is 0.447. The lowest BCUT2D eigenvalue weighted by Gasteiger charge is -2.04. The fraction of sp³-hybridized carbons (Fsp3) is 0.200. The van der Waals surface area contributed by atoms with Crippen LogP contribution in [0.5, 0.6) is 0 Å². The van der Waals surface area contributed by atoms with E-state index in [-0.39, 0.29) is 12.3 Å². The van der Waals surface area contributed by atoms with Crippen molar-refractivity contribution in [2.24, 2.45) is 0 Å². The molecule has 1 rings (SSSR count). The van der Waals surface area contributed by atoms with E-state index in [0.29, 0.717) is 16.8 Å². The SMILES string of the molecule is Cc1cc([N+](=O)[O-])cc(C=CCO)c1N. The minimum absolute atomic E-state index is 0.000658. The topological polar surface area (TPSA) is 89.4 Å². The summed E-state index contributed by atoms with van der Waals surface area (Å²) in [6.45, 7) is 1.58. The lowest BCUT2D eigenvalue weighted by atomic mass is 10.1. The molecule has 1 aromatic carbocycles. The molecule has 0 aliphatic carbocycles. The van der Waals surface area contributed by atoms with Crippen LogP contribution >= 0.6 is 0 Å². The predicted octanol–water partition coefficient (Wildman–Crippen LogP) is 1.49. The van der Waals surface area contributed by atoms with E-state index in [1.165, 1.54) is 18.2 Å². The Morgan fingerprint density at radius 1 is 1.60 bits per heavy atom. The van der Waals surface area contributed by atoms with E-state index in [9.17, 15) is 10.1 Å². The Morgan fingerprint density at radius 2 is 2.27 bits per heavy atom. The second-order valence-electron chi connectivity index (χ2n) is 3.11. The maximum Gasteiger partial charge on any atom is 0.270 e. The third-order valence-corrected chi connectivity index (χ3v) is 2.02. The van der Waals surface area contributed by atoms with E-state index in [2.05, 4.69) is 0 Å². The molecule has 0 unspecified atom stereocenters. The van der Waals surface area contributed by atoms with Crippen LogP contribution in [0.25, 0.3) is 6.08 Å². The minimum Gasteiger partial charge on any atom is -0.398 e. The van der Waals surface area contributed by atoms with Crippen LogP contribution in [0, 0.1) is 17.0 Å². The summed E-state index contributed by atoms with van der Waals surface area (Å²) in [7, 11) is 0. The van der Waals surface area contributed by atoms with Gasteiger partial charge in [0.1, 0.15) is 0 Å². The number of nitro benzene ring substituents is 1. The van der Waals surface area contributed by atoms with Crippen molar-refractivity contribution in [1.29, 1.82) is 0 Å². The van der Waals surface area contributed by atoms with E-state index in [1.54, 1.807) is 13.0 Å². The molecule has 0 atom stereocenters. The number of hydrogen-bond acceptors (Lipinski definition) is 4. The molecule has 0 aromatic heterocycles. The molecule has 80 valence electrons. The third kappa shape index (κ3) is 2.54. The molecule has 0 aliphatic heterocycles. The fourth-order valence-corrected chi connectivity index (χ4v) is 1.23. The van der Waals surface area contributed by atoms with Crippen molar-refractivity contribution in [1.82, 2.24) is 0 Å². The molecule has 0 heterocycles. The molecule has 0 saturated heterocycles. The highest BCUT2D eigenvalue weighted by Crippen LogP contribution is 2.25. The van der Waals surface area contributed by atoms with Crippen molar-refractivity contribution in [2.45, 2.75) is 6.92 Å². The molecule has 5 nitrogen and oxygen atoms in total. The van der Waals surface area contributed by atoms with Crippen LogP contribution < -0.4 is 5.73 Å². The van der Waals surface area contributed by atoms with Crippen molar-refractivity contribution < 1.29 is 10.0 Å². The monoisotopic (exact) mass is 208 g/mol. The molecule has 0 saturated carbocycles. The number of nitrogens with two attached hydrogens (primary N) is 1. The minimum atomic E-state index is -0.470. The summed E-state index contributed by atoms with van der Waals surface area (Å²) in [6.07, 6.45) is 3.05. The van der Waals surface area contributed by atoms with Gasteiger partial charge < -0.3 is 10.8 Å². The number of aryl methyl sites for hydroxylation is 1. The Bertz CT molecular complexity index is 413. The van der Waals surface area contributed by atoms with Crippen LogP contribution in [0.15, 0.2) is 18.2 Å². The average molecular weight is 208 g/mol. The molecule has 3 N–H and O–H groups in total. The van der Waals surface area contributed by atoms with Crippen LogP contribution in [0.3, 0.4) is 0 Å². The van der Waals surface area contributed by atoms with Gasteiger partial charge >= 0.3 is 0 Å². The summed E-state index contributed by atoms with van der Waals surface area (Å²) >= 11 is 0. The Hall–Kier alpha value is -1.88. The van der Waals surface area contributed by atoms with Gasteiger partial charge in [-0.05, 0) is 12.5 Å². The molecule has 0 amide bonds. The number of nitrogen functional groups attached to an aromatic ring is 1. The van der Waals surface area contributed by atoms with Gasteiger partial charge in [0.15, 0.2) is 0 Å². The maximum atomic E-state index is 10.6. The number of nitro groups is 1. The van der Waals surface area contributed by atoms with Gasteiger partial charge in [0.25, 0.3) is 5.69 Å². The molecule has 0 bridgehead atoms. The zero-order valence-corrected chi connectivity index (χ0v) is 8.30. The average Bonchev–Trinajstić information content (AvgIpc) is 2.19. The molecular weight excluding hydrogens is 196 g/mol. The number of aliphatic hydroxyl groups excluding tert-OH is 1. The molecule has 0 radical (unpaired) electrons. The maximum absolute atomic E-state index is 10.6. The van der Waals surface area contributed by atoms with Gasteiger partial charge in [-0.2, -0.15) is 0 Å². The van der Waals surface area contributed by atoms with E-state index in [0.717, 1.165) is 0 Å². The van der Waals surface area contributed by atoms with Gasteiger partial charge in [-0.25, -0.2) is 0 Å². The van der Waals surface area contributed by atoms with Crippen LogP contribution in [-0.2, 0) is 0 Å². The van der Waals surface area contributed by atoms with Gasteiger partial charge in [-0.15, -0.1) is 0 Å². The van der Waals surface area contributed by atoms with E-state index < -0.39 is 4.92 Å². The van der Waals surface area contributed by atoms with Crippen molar-refractivity contribution >= 4 is 17.5 Å². The van der Waals surface area contributed by atoms with Crippen LogP contribution in [0.2, 0.25) is 0 Å². The summed E-state index contributed by atoms with van der Waals surface area (Å²) in [5.41, 5.74) is 7.43. The first-order valence-electron chi connectivity index (χ1n) is 4.38. The molecule has 1 aromatic rings. The highest BCUT2D eigenvalue weighted by molar-refractivity contribution is 5.70. The third-order valence-electron chi connectivity index (χ3n) is 2.02. The number of hydrogen-bond donors (Lipinski definition) is 2. The normalized spacial score (nSPS) is 10.8. The summed E-state index contributed by atoms with van der Waals surface area (Å²) in [6, 6.07) is 2.81. The molecule has 0 aliphatic rings. The molecule has 15 heavy (non-hydrogen) atoms. The van der Waals surface area contributed by atoms with Crippen molar-refractivity contribution in [3.63, 3.8) is 0 Å². The lowest BCUT2D eigenvalue weighted by Crippen LogP contribution is -1.97. The highest BCUT2D eigenvalue weighted by Gasteiger charge is 2.10. The molecule has 0 spiro atoms. The smallest absolute Gasteiger partial charge is 0.270 e. The molecule has 5 heteroatoms. The van der Waals surface area contributed by atoms with Crippen molar-refractivity contribution in [2.75, 3.05) is 12.3 Å². The first kappa shape index (κ1) is 11.2. The van der Waals surface area contributed by atoms with Crippen LogP contribution in [-0.4, -0.2) is 16.6 Å². The summed E-state index contributed by atoms with van der Waals surface area (Å²) < 4.78 is 0. The Labute approximate surface area is 87.0 Å². The molecular formula is C10H12N2O3. The highest BCUT2D eigenvalue weighted by atomic mass is 16.6. The lowest BCUT2D eigenvalue weighted by molar-refractivity contribution is -0.384. The summed E-state index contributed by atoms with van der Waals surface area (Å²) in [5.74, 6) is 0. The summed E-state index contributed by atoms with van der Waals surface area (Å²) in [4.78, 5) is 10.1. The van der Waals surface area contributed by atoms with E-state index in [1.807, 2.05) is 0 Å². The second kappa shape index (κ2) is 4.56. The first-order chi connectivity index (χ1) is 7.06. The van der Waals surface area contributed by atoms with Crippen molar-refractivity contribution in [3.8, 4) is 0 Å². The van der Waals surface area contributed by atoms with Gasteiger partial charge in [-0.1, -0.05) is 12.2 Å². The zero-order chi connectivity index (χ0) is 11.4. The second-order valence-corrected chi connectivity index (χ2v) is 3.11. The number of nitrogens with zero attached hydrogens (tertiary/aromatic N) is 1. The first-order valence-corrected chi connectivity index (χ1v) is 4.38. The Kier molecular flexibility index (Phi) is 3.41. The standard InChI is InChI=1S/C10H12N2O3/c1-7-5-9(12(14)15)6-8(10(7)11)3-2-4-13/h2-3,5-6,13H,4,11H2,1H3. The van der Waals surface area contributed by atoms with Gasteiger partial charge in [0.05, 0.1) is 11.5 Å². The zero-order valence-electron chi connectivity index (χ0n) is 8.30. The van der Waals surface area contributed by atoms with E-state index >= 15 is 0 Å². The number of anilines is 1. The molecule has 0 fully saturated rings. The summed E-state index contributed by atoms with van der Waals surface area (Å²) in [5, 5.41) is 19.2. The largest absolute Gasteiger partial charge is 0.398 e. The van der Waals surface area contributed by atoms with Crippen molar-refractivity contribution in [3.05, 3.63) is 39.4 Å². The van der Waals surface area contributed by atoms with E-state index in [4.69, 9.17) is 10.8 Å².